The number of alkyl halides is 1. The molecule has 5 heteroatoms. The third kappa shape index (κ3) is 4.19. The van der Waals surface area contributed by atoms with Gasteiger partial charge in [-0.1, -0.05) is 40.2 Å². The van der Waals surface area contributed by atoms with Crippen LogP contribution in [0.25, 0.3) is 0 Å². The van der Waals surface area contributed by atoms with Gasteiger partial charge in [-0.2, -0.15) is 0 Å². The maximum atomic E-state index is 5.39. The molecular formula is C12H19BrO3Si. The number of rotatable bonds is 7. The van der Waals surface area contributed by atoms with Crippen molar-refractivity contribution in [2.75, 3.05) is 21.3 Å². The predicted octanol–water partition coefficient (Wildman–Crippen LogP) is 3.00. The van der Waals surface area contributed by atoms with Crippen molar-refractivity contribution in [1.82, 2.24) is 0 Å². The molecular weight excluding hydrogens is 300 g/mol. The lowest BCUT2D eigenvalue weighted by molar-refractivity contribution is 0.123. The molecule has 3 nitrogen and oxygen atoms in total. The summed E-state index contributed by atoms with van der Waals surface area (Å²) in [4.78, 5) is 0. The van der Waals surface area contributed by atoms with Gasteiger partial charge in [-0.3, -0.25) is 0 Å². The Hall–Kier alpha value is -0.203. The Morgan fingerprint density at radius 1 is 0.941 bits per heavy atom. The molecule has 1 rings (SSSR count). The Morgan fingerprint density at radius 2 is 1.41 bits per heavy atom. The molecule has 0 aliphatic heterocycles. The zero-order chi connectivity index (χ0) is 12.7. The van der Waals surface area contributed by atoms with E-state index < -0.39 is 8.80 Å². The second-order valence-corrected chi connectivity index (χ2v) is 7.40. The molecule has 0 heterocycles. The molecule has 96 valence electrons. The van der Waals surface area contributed by atoms with Gasteiger partial charge >= 0.3 is 8.80 Å². The van der Waals surface area contributed by atoms with Gasteiger partial charge in [0, 0.05) is 32.7 Å². The monoisotopic (exact) mass is 318 g/mol. The van der Waals surface area contributed by atoms with Gasteiger partial charge in [0.15, 0.2) is 0 Å². The molecule has 0 bridgehead atoms. The van der Waals surface area contributed by atoms with Crippen molar-refractivity contribution in [3.8, 4) is 0 Å². The molecule has 17 heavy (non-hydrogen) atoms. The standard InChI is InChI=1S/C12H19BrO3Si/c1-14-17(15-2,16-3)9-8-11-4-6-12(10-13)7-5-11/h4-7H,8-10H2,1-3H3. The highest BCUT2D eigenvalue weighted by atomic mass is 79.9. The number of hydrogen-bond donors (Lipinski definition) is 0. The first-order valence-electron chi connectivity index (χ1n) is 5.49. The van der Waals surface area contributed by atoms with E-state index in [1.54, 1.807) is 21.3 Å². The second kappa shape index (κ2) is 7.28. The molecule has 0 spiro atoms. The molecule has 0 saturated heterocycles. The summed E-state index contributed by atoms with van der Waals surface area (Å²) in [5.74, 6) is 0. The van der Waals surface area contributed by atoms with E-state index in [1.165, 1.54) is 11.1 Å². The van der Waals surface area contributed by atoms with Crippen LogP contribution in [0, 0.1) is 0 Å². The van der Waals surface area contributed by atoms with Gasteiger partial charge in [-0.25, -0.2) is 0 Å². The Labute approximate surface area is 113 Å². The fourth-order valence-corrected chi connectivity index (χ4v) is 3.73. The fourth-order valence-electron chi connectivity index (χ4n) is 1.65. The maximum absolute atomic E-state index is 5.39. The first-order valence-corrected chi connectivity index (χ1v) is 8.54. The summed E-state index contributed by atoms with van der Waals surface area (Å²) in [6.07, 6.45) is 0.907. The second-order valence-electron chi connectivity index (χ2n) is 3.75. The molecule has 0 aliphatic carbocycles. The van der Waals surface area contributed by atoms with Crippen LogP contribution < -0.4 is 0 Å². The molecule has 1 aromatic rings. The van der Waals surface area contributed by atoms with Gasteiger partial charge in [-0.15, -0.1) is 0 Å². The summed E-state index contributed by atoms with van der Waals surface area (Å²) >= 11 is 3.43. The molecule has 0 fully saturated rings. The molecule has 0 atom stereocenters. The van der Waals surface area contributed by atoms with Gasteiger partial charge in [0.05, 0.1) is 0 Å². The Bertz CT molecular complexity index is 317. The lowest BCUT2D eigenvalue weighted by Crippen LogP contribution is -2.43. The van der Waals surface area contributed by atoms with Crippen LogP contribution in [-0.4, -0.2) is 30.1 Å². The van der Waals surface area contributed by atoms with Crippen molar-refractivity contribution in [1.29, 1.82) is 0 Å². The molecule has 0 unspecified atom stereocenters. The first kappa shape index (κ1) is 14.9. The van der Waals surface area contributed by atoms with Gasteiger partial charge < -0.3 is 13.3 Å². The number of hydrogen-bond acceptors (Lipinski definition) is 3. The summed E-state index contributed by atoms with van der Waals surface area (Å²) in [5, 5.41) is 0.889. The molecule has 1 aromatic carbocycles. The van der Waals surface area contributed by atoms with Crippen molar-refractivity contribution in [2.24, 2.45) is 0 Å². The largest absolute Gasteiger partial charge is 0.500 e. The Balaban J connectivity index is 2.59. The van der Waals surface area contributed by atoms with Crippen LogP contribution in [0.2, 0.25) is 6.04 Å². The third-order valence-electron chi connectivity index (χ3n) is 2.83. The van der Waals surface area contributed by atoms with Crippen LogP contribution in [0.3, 0.4) is 0 Å². The summed E-state index contributed by atoms with van der Waals surface area (Å²) in [7, 11) is 2.51. The van der Waals surface area contributed by atoms with E-state index in [1.807, 2.05) is 0 Å². The highest BCUT2D eigenvalue weighted by Crippen LogP contribution is 2.17. The minimum atomic E-state index is -2.43. The smallest absolute Gasteiger partial charge is 0.377 e. The quantitative estimate of drug-likeness (QED) is 0.571. The zero-order valence-electron chi connectivity index (χ0n) is 10.5. The molecule has 0 radical (unpaired) electrons. The van der Waals surface area contributed by atoms with Crippen LogP contribution in [0.4, 0.5) is 0 Å². The number of aryl methyl sites for hydroxylation is 1. The van der Waals surface area contributed by atoms with Crippen LogP contribution in [0.15, 0.2) is 24.3 Å². The lowest BCUT2D eigenvalue weighted by Gasteiger charge is -2.24. The van der Waals surface area contributed by atoms with Crippen LogP contribution in [-0.2, 0) is 25.0 Å². The van der Waals surface area contributed by atoms with E-state index in [-0.39, 0.29) is 0 Å². The molecule has 0 amide bonds. The van der Waals surface area contributed by atoms with E-state index in [4.69, 9.17) is 13.3 Å². The number of benzene rings is 1. The highest BCUT2D eigenvalue weighted by molar-refractivity contribution is 9.08. The van der Waals surface area contributed by atoms with Crippen LogP contribution >= 0.6 is 15.9 Å². The van der Waals surface area contributed by atoms with E-state index in [0.29, 0.717) is 0 Å². The molecule has 0 aromatic heterocycles. The Kier molecular flexibility index (Phi) is 6.36. The van der Waals surface area contributed by atoms with Crippen molar-refractivity contribution in [2.45, 2.75) is 17.8 Å². The predicted molar refractivity (Wildman–Crippen MR) is 74.4 cm³/mol. The van der Waals surface area contributed by atoms with Gasteiger partial charge in [0.2, 0.25) is 0 Å². The molecule has 0 saturated carbocycles. The van der Waals surface area contributed by atoms with E-state index in [0.717, 1.165) is 17.8 Å². The minimum Gasteiger partial charge on any atom is -0.377 e. The average Bonchev–Trinajstić information content (AvgIpc) is 2.41. The fraction of sp³-hybridized carbons (Fsp3) is 0.500. The van der Waals surface area contributed by atoms with E-state index >= 15 is 0 Å². The molecule has 0 N–H and O–H groups in total. The zero-order valence-corrected chi connectivity index (χ0v) is 13.1. The topological polar surface area (TPSA) is 27.7 Å². The van der Waals surface area contributed by atoms with Crippen LogP contribution in [0.1, 0.15) is 11.1 Å². The van der Waals surface area contributed by atoms with E-state index in [9.17, 15) is 0 Å². The minimum absolute atomic E-state index is 0.796. The third-order valence-corrected chi connectivity index (χ3v) is 6.21. The Morgan fingerprint density at radius 3 is 1.82 bits per heavy atom. The van der Waals surface area contributed by atoms with Crippen molar-refractivity contribution in [3.63, 3.8) is 0 Å². The van der Waals surface area contributed by atoms with Crippen LogP contribution in [0.5, 0.6) is 0 Å². The number of halogens is 1. The summed E-state index contributed by atoms with van der Waals surface area (Å²) in [6, 6.07) is 9.32. The van der Waals surface area contributed by atoms with Crippen molar-refractivity contribution >= 4 is 24.7 Å². The molecule has 0 aliphatic rings. The normalized spacial score (nSPS) is 11.8. The van der Waals surface area contributed by atoms with E-state index in [2.05, 4.69) is 40.2 Å². The lowest BCUT2D eigenvalue weighted by atomic mass is 10.1. The van der Waals surface area contributed by atoms with Gasteiger partial charge in [0.25, 0.3) is 0 Å². The van der Waals surface area contributed by atoms with Crippen molar-refractivity contribution < 1.29 is 13.3 Å². The summed E-state index contributed by atoms with van der Waals surface area (Å²) < 4.78 is 16.2. The maximum Gasteiger partial charge on any atom is 0.500 e. The highest BCUT2D eigenvalue weighted by Gasteiger charge is 2.36. The first-order chi connectivity index (χ1) is 8.19. The average molecular weight is 319 g/mol. The SMILES string of the molecule is CO[Si](CCc1ccc(CBr)cc1)(OC)OC. The summed E-state index contributed by atoms with van der Waals surface area (Å²) in [6.45, 7) is 0. The van der Waals surface area contributed by atoms with Gasteiger partial charge in [0.1, 0.15) is 0 Å². The van der Waals surface area contributed by atoms with Crippen molar-refractivity contribution in [3.05, 3.63) is 35.4 Å². The van der Waals surface area contributed by atoms with Gasteiger partial charge in [-0.05, 0) is 17.5 Å². The summed E-state index contributed by atoms with van der Waals surface area (Å²) in [5.41, 5.74) is 2.56.